The molecule has 0 aromatic carbocycles. The fourth-order valence-electron chi connectivity index (χ4n) is 1.51. The monoisotopic (exact) mass is 255 g/mol. The van der Waals surface area contributed by atoms with Crippen molar-refractivity contribution in [1.29, 1.82) is 0 Å². The van der Waals surface area contributed by atoms with Gasteiger partial charge >= 0.3 is 0 Å². The normalized spacial score (nSPS) is 16.4. The smallest absolute Gasteiger partial charge is 0.236 e. The van der Waals surface area contributed by atoms with E-state index in [0.717, 1.165) is 12.8 Å². The Hall–Kier alpha value is -1.10. The van der Waals surface area contributed by atoms with Gasteiger partial charge < -0.3 is 16.0 Å². The van der Waals surface area contributed by atoms with Crippen molar-refractivity contribution in [2.24, 2.45) is 11.8 Å². The van der Waals surface area contributed by atoms with Crippen LogP contribution in [0, 0.1) is 11.8 Å². The number of nitrogens with one attached hydrogen (secondary N) is 3. The third kappa shape index (κ3) is 6.00. The highest BCUT2D eigenvalue weighted by Gasteiger charge is 2.29. The first kappa shape index (κ1) is 15.0. The Bertz CT molecular complexity index is 288. The van der Waals surface area contributed by atoms with Gasteiger partial charge in [-0.1, -0.05) is 13.8 Å². The second-order valence-electron chi connectivity index (χ2n) is 5.38. The molecule has 1 atom stereocenters. The third-order valence-corrected chi connectivity index (χ3v) is 2.90. The van der Waals surface area contributed by atoms with Gasteiger partial charge in [0, 0.05) is 25.6 Å². The van der Waals surface area contributed by atoms with E-state index in [0.29, 0.717) is 25.6 Å². The Morgan fingerprint density at radius 3 is 2.33 bits per heavy atom. The fraction of sp³-hybridized carbons (Fsp3) is 0.846. The topological polar surface area (TPSA) is 70.2 Å². The van der Waals surface area contributed by atoms with Gasteiger partial charge in [0.15, 0.2) is 0 Å². The average molecular weight is 255 g/mol. The first-order chi connectivity index (χ1) is 8.50. The van der Waals surface area contributed by atoms with E-state index in [2.05, 4.69) is 29.8 Å². The highest BCUT2D eigenvalue weighted by molar-refractivity contribution is 5.81. The number of hydrogen-bond acceptors (Lipinski definition) is 3. The SMILES string of the molecule is CC(C)CNC(=O)C(C)NCCNC(=O)C1CC1. The van der Waals surface area contributed by atoms with Crippen LogP contribution in [-0.4, -0.2) is 37.5 Å². The predicted molar refractivity (Wildman–Crippen MR) is 71.0 cm³/mol. The van der Waals surface area contributed by atoms with E-state index in [1.165, 1.54) is 0 Å². The van der Waals surface area contributed by atoms with Crippen molar-refractivity contribution in [2.45, 2.75) is 39.7 Å². The van der Waals surface area contributed by atoms with Gasteiger partial charge in [0.25, 0.3) is 0 Å². The number of carbonyl (C=O) groups is 2. The van der Waals surface area contributed by atoms with Gasteiger partial charge in [0.1, 0.15) is 0 Å². The lowest BCUT2D eigenvalue weighted by Crippen LogP contribution is -2.45. The summed E-state index contributed by atoms with van der Waals surface area (Å²) < 4.78 is 0. The second-order valence-corrected chi connectivity index (χ2v) is 5.38. The summed E-state index contributed by atoms with van der Waals surface area (Å²) in [5.41, 5.74) is 0. The molecule has 1 unspecified atom stereocenters. The van der Waals surface area contributed by atoms with E-state index in [9.17, 15) is 9.59 Å². The summed E-state index contributed by atoms with van der Waals surface area (Å²) in [6.07, 6.45) is 2.04. The Morgan fingerprint density at radius 2 is 1.78 bits per heavy atom. The van der Waals surface area contributed by atoms with Crippen molar-refractivity contribution >= 4 is 11.8 Å². The van der Waals surface area contributed by atoms with Crippen LogP contribution in [0.5, 0.6) is 0 Å². The highest BCUT2D eigenvalue weighted by atomic mass is 16.2. The van der Waals surface area contributed by atoms with Gasteiger partial charge in [-0.3, -0.25) is 9.59 Å². The van der Waals surface area contributed by atoms with Crippen molar-refractivity contribution in [3.05, 3.63) is 0 Å². The zero-order valence-corrected chi connectivity index (χ0v) is 11.6. The van der Waals surface area contributed by atoms with Crippen LogP contribution < -0.4 is 16.0 Å². The van der Waals surface area contributed by atoms with E-state index < -0.39 is 0 Å². The van der Waals surface area contributed by atoms with Crippen LogP contribution >= 0.6 is 0 Å². The molecule has 104 valence electrons. The number of amides is 2. The molecule has 0 heterocycles. The lowest BCUT2D eigenvalue weighted by molar-refractivity contribution is -0.122. The molecule has 18 heavy (non-hydrogen) atoms. The second kappa shape index (κ2) is 7.36. The van der Waals surface area contributed by atoms with Crippen LogP contribution in [0.3, 0.4) is 0 Å². The molecule has 5 heteroatoms. The minimum absolute atomic E-state index is 0.0113. The van der Waals surface area contributed by atoms with Crippen LogP contribution in [0.2, 0.25) is 0 Å². The maximum absolute atomic E-state index is 11.6. The van der Waals surface area contributed by atoms with Gasteiger partial charge in [0.05, 0.1) is 6.04 Å². The molecule has 0 saturated heterocycles. The van der Waals surface area contributed by atoms with Crippen LogP contribution in [0.1, 0.15) is 33.6 Å². The van der Waals surface area contributed by atoms with Crippen molar-refractivity contribution < 1.29 is 9.59 Å². The largest absolute Gasteiger partial charge is 0.355 e. The molecule has 5 nitrogen and oxygen atoms in total. The lowest BCUT2D eigenvalue weighted by Gasteiger charge is -2.15. The van der Waals surface area contributed by atoms with Gasteiger partial charge in [0.2, 0.25) is 11.8 Å². The van der Waals surface area contributed by atoms with Gasteiger partial charge in [-0.05, 0) is 25.7 Å². The highest BCUT2D eigenvalue weighted by Crippen LogP contribution is 2.28. The molecule has 1 aliphatic carbocycles. The summed E-state index contributed by atoms with van der Waals surface area (Å²) in [6, 6.07) is -0.221. The quantitative estimate of drug-likeness (QED) is 0.545. The summed E-state index contributed by atoms with van der Waals surface area (Å²) in [6.45, 7) is 7.85. The van der Waals surface area contributed by atoms with E-state index in [-0.39, 0.29) is 23.8 Å². The summed E-state index contributed by atoms with van der Waals surface area (Å²) in [5, 5.41) is 8.82. The molecule has 3 N–H and O–H groups in total. The van der Waals surface area contributed by atoms with E-state index in [1.807, 2.05) is 6.92 Å². The predicted octanol–water partition coefficient (Wildman–Crippen LogP) is 0.263. The van der Waals surface area contributed by atoms with Gasteiger partial charge in [-0.25, -0.2) is 0 Å². The van der Waals surface area contributed by atoms with Crippen molar-refractivity contribution in [1.82, 2.24) is 16.0 Å². The molecule has 1 aliphatic rings. The first-order valence-corrected chi connectivity index (χ1v) is 6.79. The standard InChI is InChI=1S/C13H25N3O2/c1-9(2)8-16-12(17)10(3)14-6-7-15-13(18)11-4-5-11/h9-11,14H,4-8H2,1-3H3,(H,15,18)(H,16,17). The average Bonchev–Trinajstić information content (AvgIpc) is 3.14. The molecule has 0 aromatic rings. The summed E-state index contributed by atoms with van der Waals surface area (Å²) >= 11 is 0. The molecular weight excluding hydrogens is 230 g/mol. The molecule has 0 spiro atoms. The molecule has 0 bridgehead atoms. The van der Waals surface area contributed by atoms with E-state index in [4.69, 9.17) is 0 Å². The molecule has 1 fully saturated rings. The molecule has 1 saturated carbocycles. The van der Waals surface area contributed by atoms with Crippen LogP contribution in [0.15, 0.2) is 0 Å². The minimum Gasteiger partial charge on any atom is -0.355 e. The zero-order chi connectivity index (χ0) is 13.5. The number of hydrogen-bond donors (Lipinski definition) is 3. The molecule has 0 radical (unpaired) electrons. The van der Waals surface area contributed by atoms with Crippen LogP contribution in [0.4, 0.5) is 0 Å². The van der Waals surface area contributed by atoms with Crippen molar-refractivity contribution in [2.75, 3.05) is 19.6 Å². The Kier molecular flexibility index (Phi) is 6.12. The van der Waals surface area contributed by atoms with Crippen molar-refractivity contribution in [3.63, 3.8) is 0 Å². The Balaban J connectivity index is 2.02. The maximum Gasteiger partial charge on any atom is 0.236 e. The first-order valence-electron chi connectivity index (χ1n) is 6.79. The van der Waals surface area contributed by atoms with Crippen molar-refractivity contribution in [3.8, 4) is 0 Å². The Labute approximate surface area is 109 Å². The molecule has 2 amide bonds. The molecule has 0 aromatic heterocycles. The zero-order valence-electron chi connectivity index (χ0n) is 11.6. The van der Waals surface area contributed by atoms with E-state index >= 15 is 0 Å². The van der Waals surface area contributed by atoms with Gasteiger partial charge in [-0.15, -0.1) is 0 Å². The number of carbonyl (C=O) groups excluding carboxylic acids is 2. The molecule has 1 rings (SSSR count). The number of rotatable bonds is 8. The minimum atomic E-state index is -0.221. The summed E-state index contributed by atoms with van der Waals surface area (Å²) in [4.78, 5) is 23.0. The van der Waals surface area contributed by atoms with Crippen LogP contribution in [0.25, 0.3) is 0 Å². The maximum atomic E-state index is 11.6. The lowest BCUT2D eigenvalue weighted by atomic mass is 10.2. The summed E-state index contributed by atoms with van der Waals surface area (Å²) in [7, 11) is 0. The van der Waals surface area contributed by atoms with E-state index in [1.54, 1.807) is 0 Å². The molecule has 0 aliphatic heterocycles. The fourth-order valence-corrected chi connectivity index (χ4v) is 1.51. The molecular formula is C13H25N3O2. The third-order valence-electron chi connectivity index (χ3n) is 2.90. The summed E-state index contributed by atoms with van der Waals surface area (Å²) in [5.74, 6) is 0.863. The van der Waals surface area contributed by atoms with Crippen LogP contribution in [-0.2, 0) is 9.59 Å². The van der Waals surface area contributed by atoms with Gasteiger partial charge in [-0.2, -0.15) is 0 Å². The Morgan fingerprint density at radius 1 is 1.11 bits per heavy atom.